The molecule has 0 aliphatic carbocycles. The predicted molar refractivity (Wildman–Crippen MR) is 87.0 cm³/mol. The lowest BCUT2D eigenvalue weighted by atomic mass is 10.1. The standard InChI is InChI=1S/C17H15N3O3/c1-22-12-4-6-14(16(10-12)23-2)20-17(21)11-3-5-13-15(9-11)19-8-7-18-13/h3-10H,1-2H3,(H,20,21). The number of methoxy groups -OCH3 is 2. The van der Waals surface area contributed by atoms with Gasteiger partial charge in [-0.2, -0.15) is 0 Å². The molecule has 2 aromatic carbocycles. The number of hydrogen-bond donors (Lipinski definition) is 1. The molecule has 23 heavy (non-hydrogen) atoms. The molecule has 0 fully saturated rings. The van der Waals surface area contributed by atoms with Crippen molar-refractivity contribution in [3.05, 3.63) is 54.4 Å². The number of nitrogens with one attached hydrogen (secondary N) is 1. The van der Waals surface area contributed by atoms with E-state index in [-0.39, 0.29) is 5.91 Å². The summed E-state index contributed by atoms with van der Waals surface area (Å²) in [4.78, 5) is 20.8. The van der Waals surface area contributed by atoms with Gasteiger partial charge in [-0.1, -0.05) is 0 Å². The van der Waals surface area contributed by atoms with Crippen LogP contribution in [0, 0.1) is 0 Å². The first-order valence-corrected chi connectivity index (χ1v) is 6.95. The monoisotopic (exact) mass is 309 g/mol. The zero-order chi connectivity index (χ0) is 16.2. The second kappa shape index (κ2) is 6.31. The van der Waals surface area contributed by atoms with Crippen LogP contribution >= 0.6 is 0 Å². The Morgan fingerprint density at radius 1 is 0.957 bits per heavy atom. The van der Waals surface area contributed by atoms with Crippen molar-refractivity contribution in [2.45, 2.75) is 0 Å². The molecule has 0 spiro atoms. The van der Waals surface area contributed by atoms with Crippen molar-refractivity contribution in [2.75, 3.05) is 19.5 Å². The van der Waals surface area contributed by atoms with Gasteiger partial charge in [-0.3, -0.25) is 14.8 Å². The number of ether oxygens (including phenoxy) is 2. The smallest absolute Gasteiger partial charge is 0.255 e. The van der Waals surface area contributed by atoms with Gasteiger partial charge in [0.2, 0.25) is 0 Å². The summed E-state index contributed by atoms with van der Waals surface area (Å²) < 4.78 is 10.4. The molecule has 0 unspecified atom stereocenters. The first kappa shape index (κ1) is 14.8. The molecule has 0 radical (unpaired) electrons. The Labute approximate surface area is 133 Å². The van der Waals surface area contributed by atoms with Crippen molar-refractivity contribution in [1.29, 1.82) is 0 Å². The highest BCUT2D eigenvalue weighted by Gasteiger charge is 2.11. The summed E-state index contributed by atoms with van der Waals surface area (Å²) in [6.07, 6.45) is 3.21. The van der Waals surface area contributed by atoms with Crippen LogP contribution in [0.5, 0.6) is 11.5 Å². The van der Waals surface area contributed by atoms with Gasteiger partial charge in [0.15, 0.2) is 0 Å². The van der Waals surface area contributed by atoms with Crippen LogP contribution in [-0.2, 0) is 0 Å². The lowest BCUT2D eigenvalue weighted by Crippen LogP contribution is -2.12. The summed E-state index contributed by atoms with van der Waals surface area (Å²) in [5.41, 5.74) is 2.47. The van der Waals surface area contributed by atoms with Crippen molar-refractivity contribution >= 4 is 22.6 Å². The second-order valence-corrected chi connectivity index (χ2v) is 4.78. The number of carbonyl (C=O) groups excluding carboxylic acids is 1. The molecule has 6 nitrogen and oxygen atoms in total. The highest BCUT2D eigenvalue weighted by Crippen LogP contribution is 2.29. The topological polar surface area (TPSA) is 73.3 Å². The highest BCUT2D eigenvalue weighted by atomic mass is 16.5. The van der Waals surface area contributed by atoms with E-state index >= 15 is 0 Å². The van der Waals surface area contributed by atoms with E-state index in [4.69, 9.17) is 9.47 Å². The van der Waals surface area contributed by atoms with Gasteiger partial charge in [-0.25, -0.2) is 0 Å². The molecule has 3 aromatic rings. The fourth-order valence-electron chi connectivity index (χ4n) is 2.20. The molecule has 116 valence electrons. The number of fused-ring (bicyclic) bond motifs is 1. The maximum atomic E-state index is 12.4. The maximum Gasteiger partial charge on any atom is 0.255 e. The molecule has 0 bridgehead atoms. The van der Waals surface area contributed by atoms with E-state index in [1.54, 1.807) is 55.9 Å². The van der Waals surface area contributed by atoms with E-state index in [2.05, 4.69) is 15.3 Å². The van der Waals surface area contributed by atoms with Gasteiger partial charge < -0.3 is 14.8 Å². The van der Waals surface area contributed by atoms with Crippen LogP contribution in [-0.4, -0.2) is 30.1 Å². The Kier molecular flexibility index (Phi) is 4.05. The molecule has 0 atom stereocenters. The molecule has 0 saturated heterocycles. The number of aromatic nitrogens is 2. The minimum Gasteiger partial charge on any atom is -0.497 e. The minimum absolute atomic E-state index is 0.249. The summed E-state index contributed by atoms with van der Waals surface area (Å²) in [5, 5.41) is 2.83. The fourth-order valence-corrected chi connectivity index (χ4v) is 2.20. The third-order valence-electron chi connectivity index (χ3n) is 3.39. The molecule has 6 heteroatoms. The Balaban J connectivity index is 1.88. The number of anilines is 1. The van der Waals surface area contributed by atoms with Gasteiger partial charge in [0.05, 0.1) is 30.9 Å². The van der Waals surface area contributed by atoms with Crippen molar-refractivity contribution in [1.82, 2.24) is 9.97 Å². The number of hydrogen-bond acceptors (Lipinski definition) is 5. The van der Waals surface area contributed by atoms with E-state index in [1.807, 2.05) is 0 Å². The lowest BCUT2D eigenvalue weighted by molar-refractivity contribution is 0.102. The SMILES string of the molecule is COc1ccc(NC(=O)c2ccc3nccnc3c2)c(OC)c1. The molecule has 1 aromatic heterocycles. The van der Waals surface area contributed by atoms with E-state index in [1.165, 1.54) is 7.11 Å². The molecular weight excluding hydrogens is 294 g/mol. The minimum atomic E-state index is -0.249. The zero-order valence-electron chi connectivity index (χ0n) is 12.7. The molecule has 0 saturated carbocycles. The number of rotatable bonds is 4. The van der Waals surface area contributed by atoms with E-state index in [0.717, 1.165) is 5.52 Å². The van der Waals surface area contributed by atoms with Gasteiger partial charge in [0.1, 0.15) is 11.5 Å². The highest BCUT2D eigenvalue weighted by molar-refractivity contribution is 6.06. The molecule has 1 heterocycles. The van der Waals surface area contributed by atoms with Crippen LogP contribution in [0.4, 0.5) is 5.69 Å². The molecular formula is C17H15N3O3. The van der Waals surface area contributed by atoms with Crippen molar-refractivity contribution < 1.29 is 14.3 Å². The molecule has 0 aliphatic heterocycles. The fraction of sp³-hybridized carbons (Fsp3) is 0.118. The van der Waals surface area contributed by atoms with Crippen LogP contribution in [0.15, 0.2) is 48.8 Å². The third kappa shape index (κ3) is 3.06. The number of benzene rings is 2. The van der Waals surface area contributed by atoms with Gasteiger partial charge >= 0.3 is 0 Å². The Hall–Kier alpha value is -3.15. The van der Waals surface area contributed by atoms with E-state index in [0.29, 0.717) is 28.3 Å². The lowest BCUT2D eigenvalue weighted by Gasteiger charge is -2.11. The molecule has 0 aliphatic rings. The second-order valence-electron chi connectivity index (χ2n) is 4.78. The van der Waals surface area contributed by atoms with Crippen molar-refractivity contribution in [3.8, 4) is 11.5 Å². The van der Waals surface area contributed by atoms with Gasteiger partial charge in [0.25, 0.3) is 5.91 Å². The van der Waals surface area contributed by atoms with Gasteiger partial charge in [-0.05, 0) is 30.3 Å². The number of amides is 1. The molecule has 1 N–H and O–H groups in total. The Morgan fingerprint density at radius 2 is 1.74 bits per heavy atom. The molecule has 1 amide bonds. The quantitative estimate of drug-likeness (QED) is 0.802. The van der Waals surface area contributed by atoms with Crippen molar-refractivity contribution in [3.63, 3.8) is 0 Å². The van der Waals surface area contributed by atoms with Crippen molar-refractivity contribution in [2.24, 2.45) is 0 Å². The van der Waals surface area contributed by atoms with E-state index < -0.39 is 0 Å². The Morgan fingerprint density at radius 3 is 2.48 bits per heavy atom. The first-order valence-electron chi connectivity index (χ1n) is 6.95. The predicted octanol–water partition coefficient (Wildman–Crippen LogP) is 2.90. The summed E-state index contributed by atoms with van der Waals surface area (Å²) in [6.45, 7) is 0. The van der Waals surface area contributed by atoms with Gasteiger partial charge in [0, 0.05) is 24.0 Å². The maximum absolute atomic E-state index is 12.4. The third-order valence-corrected chi connectivity index (χ3v) is 3.39. The number of nitrogens with zero attached hydrogens (tertiary/aromatic N) is 2. The Bertz CT molecular complexity index is 865. The van der Waals surface area contributed by atoms with Crippen LogP contribution in [0.2, 0.25) is 0 Å². The zero-order valence-corrected chi connectivity index (χ0v) is 12.7. The largest absolute Gasteiger partial charge is 0.497 e. The normalized spacial score (nSPS) is 10.3. The average Bonchev–Trinajstić information content (AvgIpc) is 2.61. The average molecular weight is 309 g/mol. The summed E-state index contributed by atoms with van der Waals surface area (Å²) >= 11 is 0. The number of carbonyl (C=O) groups is 1. The van der Waals surface area contributed by atoms with Gasteiger partial charge in [-0.15, -0.1) is 0 Å². The summed E-state index contributed by atoms with van der Waals surface area (Å²) in [6, 6.07) is 10.4. The first-order chi connectivity index (χ1) is 11.2. The summed E-state index contributed by atoms with van der Waals surface area (Å²) in [5.74, 6) is 0.931. The van der Waals surface area contributed by atoms with E-state index in [9.17, 15) is 4.79 Å². The molecule has 3 rings (SSSR count). The van der Waals surface area contributed by atoms with Crippen LogP contribution in [0.1, 0.15) is 10.4 Å². The van der Waals surface area contributed by atoms with Crippen LogP contribution < -0.4 is 14.8 Å². The van der Waals surface area contributed by atoms with Crippen LogP contribution in [0.3, 0.4) is 0 Å². The summed E-state index contributed by atoms with van der Waals surface area (Å²) in [7, 11) is 3.11. The van der Waals surface area contributed by atoms with Crippen LogP contribution in [0.25, 0.3) is 11.0 Å².